The maximum absolute atomic E-state index is 13.0. The molecular formula is C23H23N3OS. The first-order valence-corrected chi connectivity index (χ1v) is 10.3. The topological polar surface area (TPSA) is 35.6 Å². The number of carbonyl (C=O) groups excluding carboxylic acids is 1. The fourth-order valence-electron chi connectivity index (χ4n) is 3.33. The number of anilines is 3. The lowest BCUT2D eigenvalue weighted by Gasteiger charge is -2.31. The Morgan fingerprint density at radius 3 is 2.11 bits per heavy atom. The van der Waals surface area contributed by atoms with Gasteiger partial charge in [0.05, 0.1) is 11.4 Å². The smallest absolute Gasteiger partial charge is 0.326 e. The lowest BCUT2D eigenvalue weighted by molar-refractivity contribution is 0.248. The van der Waals surface area contributed by atoms with Crippen molar-refractivity contribution in [1.29, 1.82) is 0 Å². The molecule has 1 N–H and O–H groups in total. The number of hydrogen-bond acceptors (Lipinski definition) is 3. The molecule has 28 heavy (non-hydrogen) atoms. The molecule has 0 aromatic heterocycles. The number of rotatable bonds is 5. The summed E-state index contributed by atoms with van der Waals surface area (Å²) in [6.07, 6.45) is 0.878. The third kappa shape index (κ3) is 3.85. The quantitative estimate of drug-likeness (QED) is 0.583. The third-order valence-corrected chi connectivity index (χ3v) is 5.91. The molecule has 1 aliphatic rings. The van der Waals surface area contributed by atoms with E-state index in [1.807, 2.05) is 54.6 Å². The van der Waals surface area contributed by atoms with Gasteiger partial charge < -0.3 is 10.2 Å². The zero-order valence-electron chi connectivity index (χ0n) is 15.8. The number of para-hydroxylation sites is 3. The van der Waals surface area contributed by atoms with E-state index in [-0.39, 0.29) is 6.03 Å². The Kier molecular flexibility index (Phi) is 5.53. The van der Waals surface area contributed by atoms with Gasteiger partial charge in [-0.2, -0.15) is 0 Å². The lowest BCUT2D eigenvalue weighted by atomic mass is 10.2. The van der Waals surface area contributed by atoms with Gasteiger partial charge in [-0.25, -0.2) is 4.79 Å². The Bertz CT molecular complexity index is 915. The van der Waals surface area contributed by atoms with Gasteiger partial charge in [-0.1, -0.05) is 54.2 Å². The van der Waals surface area contributed by atoms with Crippen molar-refractivity contribution >= 4 is 34.9 Å². The van der Waals surface area contributed by atoms with E-state index >= 15 is 0 Å². The SMILES string of the molecule is CN(CCCNC(=O)N1c2ccccc2Sc2ccccc21)c1ccccc1. The van der Waals surface area contributed by atoms with Crippen molar-refractivity contribution in [1.82, 2.24) is 5.32 Å². The van der Waals surface area contributed by atoms with Gasteiger partial charge in [0.15, 0.2) is 0 Å². The van der Waals surface area contributed by atoms with Gasteiger partial charge >= 0.3 is 6.03 Å². The molecule has 0 aliphatic carbocycles. The molecule has 0 unspecified atom stereocenters. The Hall–Kier alpha value is -2.92. The van der Waals surface area contributed by atoms with Crippen molar-refractivity contribution < 1.29 is 4.79 Å². The first kappa shape index (κ1) is 18.4. The molecule has 0 bridgehead atoms. The van der Waals surface area contributed by atoms with Crippen molar-refractivity contribution in [2.45, 2.75) is 16.2 Å². The molecule has 5 heteroatoms. The molecule has 142 valence electrons. The van der Waals surface area contributed by atoms with Crippen LogP contribution in [-0.4, -0.2) is 26.2 Å². The third-order valence-electron chi connectivity index (χ3n) is 4.78. The molecule has 0 spiro atoms. The molecule has 0 radical (unpaired) electrons. The number of hydrogen-bond donors (Lipinski definition) is 1. The summed E-state index contributed by atoms with van der Waals surface area (Å²) in [5, 5.41) is 3.09. The maximum atomic E-state index is 13.0. The van der Waals surface area contributed by atoms with E-state index < -0.39 is 0 Å². The van der Waals surface area contributed by atoms with Crippen LogP contribution in [0.5, 0.6) is 0 Å². The van der Waals surface area contributed by atoms with Crippen LogP contribution < -0.4 is 15.1 Å². The molecule has 1 heterocycles. The summed E-state index contributed by atoms with van der Waals surface area (Å²) in [5.74, 6) is 0. The van der Waals surface area contributed by atoms with Crippen LogP contribution in [-0.2, 0) is 0 Å². The number of amides is 2. The van der Waals surface area contributed by atoms with Gasteiger partial charge in [0.2, 0.25) is 0 Å². The average Bonchev–Trinajstić information content (AvgIpc) is 2.75. The van der Waals surface area contributed by atoms with Crippen LogP contribution in [0.2, 0.25) is 0 Å². The fraction of sp³-hybridized carbons (Fsp3) is 0.174. The van der Waals surface area contributed by atoms with E-state index in [4.69, 9.17) is 0 Å². The second kappa shape index (κ2) is 8.40. The van der Waals surface area contributed by atoms with Gasteiger partial charge in [-0.05, 0) is 42.8 Å². The Morgan fingerprint density at radius 1 is 0.893 bits per heavy atom. The highest BCUT2D eigenvalue weighted by Gasteiger charge is 2.27. The molecule has 0 saturated carbocycles. The fourth-order valence-corrected chi connectivity index (χ4v) is 4.38. The minimum Gasteiger partial charge on any atom is -0.375 e. The van der Waals surface area contributed by atoms with Crippen molar-refractivity contribution in [3.63, 3.8) is 0 Å². The Morgan fingerprint density at radius 2 is 1.46 bits per heavy atom. The minimum absolute atomic E-state index is 0.0810. The molecule has 4 nitrogen and oxygen atoms in total. The van der Waals surface area contributed by atoms with Crippen molar-refractivity contribution in [3.05, 3.63) is 78.9 Å². The summed E-state index contributed by atoms with van der Waals surface area (Å²) in [6, 6.07) is 26.3. The highest BCUT2D eigenvalue weighted by atomic mass is 32.2. The zero-order chi connectivity index (χ0) is 19.3. The standard InChI is InChI=1S/C23H23N3OS/c1-25(18-10-3-2-4-11-18)17-9-16-24-23(27)26-19-12-5-7-14-21(19)28-22-15-8-6-13-20(22)26/h2-8,10-15H,9,16-17H2,1H3,(H,24,27). The number of nitrogens with one attached hydrogen (secondary N) is 1. The molecule has 4 rings (SSSR count). The highest BCUT2D eigenvalue weighted by Crippen LogP contribution is 2.47. The molecule has 0 fully saturated rings. The van der Waals surface area contributed by atoms with Crippen LogP contribution in [0.1, 0.15) is 6.42 Å². The van der Waals surface area contributed by atoms with E-state index in [1.165, 1.54) is 5.69 Å². The average molecular weight is 390 g/mol. The normalized spacial score (nSPS) is 12.1. The minimum atomic E-state index is -0.0810. The molecule has 0 saturated heterocycles. The molecular weight excluding hydrogens is 366 g/mol. The van der Waals surface area contributed by atoms with Gasteiger partial charge in [0.1, 0.15) is 0 Å². The summed E-state index contributed by atoms with van der Waals surface area (Å²) < 4.78 is 0. The predicted octanol–water partition coefficient (Wildman–Crippen LogP) is 5.53. The summed E-state index contributed by atoms with van der Waals surface area (Å²) in [6.45, 7) is 1.51. The van der Waals surface area contributed by atoms with E-state index in [0.717, 1.165) is 34.1 Å². The summed E-state index contributed by atoms with van der Waals surface area (Å²) in [7, 11) is 2.07. The Labute approximate surface area is 170 Å². The monoisotopic (exact) mass is 389 g/mol. The zero-order valence-corrected chi connectivity index (χ0v) is 16.7. The van der Waals surface area contributed by atoms with E-state index in [9.17, 15) is 4.79 Å². The number of urea groups is 1. The van der Waals surface area contributed by atoms with Gasteiger partial charge in [-0.15, -0.1) is 0 Å². The summed E-state index contributed by atoms with van der Waals surface area (Å²) in [4.78, 5) is 19.2. The summed E-state index contributed by atoms with van der Waals surface area (Å²) in [5.41, 5.74) is 3.06. The van der Waals surface area contributed by atoms with E-state index in [1.54, 1.807) is 16.7 Å². The van der Waals surface area contributed by atoms with Gasteiger partial charge in [-0.3, -0.25) is 4.90 Å². The highest BCUT2D eigenvalue weighted by molar-refractivity contribution is 7.99. The van der Waals surface area contributed by atoms with Crippen LogP contribution in [0, 0.1) is 0 Å². The maximum Gasteiger partial charge on any atom is 0.326 e. The van der Waals surface area contributed by atoms with Crippen molar-refractivity contribution in [2.24, 2.45) is 0 Å². The molecule has 2 amide bonds. The summed E-state index contributed by atoms with van der Waals surface area (Å²) >= 11 is 1.71. The Balaban J connectivity index is 1.41. The van der Waals surface area contributed by atoms with Gasteiger partial charge in [0, 0.05) is 35.6 Å². The lowest BCUT2D eigenvalue weighted by Crippen LogP contribution is -2.39. The van der Waals surface area contributed by atoms with Crippen LogP contribution in [0.3, 0.4) is 0 Å². The predicted molar refractivity (Wildman–Crippen MR) is 117 cm³/mol. The molecule has 1 aliphatic heterocycles. The first-order valence-electron chi connectivity index (χ1n) is 9.44. The largest absolute Gasteiger partial charge is 0.375 e. The van der Waals surface area contributed by atoms with Crippen molar-refractivity contribution in [3.8, 4) is 0 Å². The van der Waals surface area contributed by atoms with Crippen LogP contribution >= 0.6 is 11.8 Å². The molecule has 3 aromatic carbocycles. The van der Waals surface area contributed by atoms with E-state index in [2.05, 4.69) is 41.5 Å². The second-order valence-electron chi connectivity index (χ2n) is 6.72. The molecule has 3 aromatic rings. The number of carbonyl (C=O) groups is 1. The molecule has 0 atom stereocenters. The first-order chi connectivity index (χ1) is 13.7. The van der Waals surface area contributed by atoms with Crippen LogP contribution in [0.15, 0.2) is 88.7 Å². The van der Waals surface area contributed by atoms with Crippen LogP contribution in [0.25, 0.3) is 0 Å². The van der Waals surface area contributed by atoms with E-state index in [0.29, 0.717) is 6.54 Å². The number of fused-ring (bicyclic) bond motifs is 2. The van der Waals surface area contributed by atoms with Crippen LogP contribution in [0.4, 0.5) is 21.9 Å². The van der Waals surface area contributed by atoms with Crippen molar-refractivity contribution in [2.75, 3.05) is 29.9 Å². The second-order valence-corrected chi connectivity index (χ2v) is 7.80. The van der Waals surface area contributed by atoms with Gasteiger partial charge in [0.25, 0.3) is 0 Å². The number of benzene rings is 3. The number of nitrogens with zero attached hydrogens (tertiary/aromatic N) is 2.